The van der Waals surface area contributed by atoms with Crippen LogP contribution < -0.4 is 0 Å². The maximum atomic E-state index is 11.9. The minimum Gasteiger partial charge on any atom is -0.459 e. The van der Waals surface area contributed by atoms with E-state index in [4.69, 9.17) is 9.84 Å². The molecule has 0 radical (unpaired) electrons. The molecular formula is C22H38O3. The molecule has 2 aliphatic carbocycles. The van der Waals surface area contributed by atoms with Crippen molar-refractivity contribution in [1.29, 1.82) is 0 Å². The van der Waals surface area contributed by atoms with Gasteiger partial charge in [0.1, 0.15) is 6.10 Å². The van der Waals surface area contributed by atoms with Gasteiger partial charge in [0.2, 0.25) is 0 Å². The number of hydrogen-bond acceptors (Lipinski definition) is 3. The van der Waals surface area contributed by atoms with E-state index in [1.54, 1.807) is 0 Å². The molecule has 25 heavy (non-hydrogen) atoms. The average Bonchev–Trinajstić information content (AvgIpc) is 2.63. The molecule has 2 saturated carbocycles. The number of aliphatic hydroxyl groups excluding tert-OH is 1. The van der Waals surface area contributed by atoms with Gasteiger partial charge in [-0.25, -0.2) is 4.79 Å². The molecule has 144 valence electrons. The van der Waals surface area contributed by atoms with Crippen LogP contribution in [0.25, 0.3) is 0 Å². The average molecular weight is 351 g/mol. The fourth-order valence-corrected chi connectivity index (χ4v) is 4.78. The van der Waals surface area contributed by atoms with Gasteiger partial charge in [0, 0.05) is 18.6 Å². The maximum Gasteiger partial charge on any atom is 0.333 e. The predicted octanol–water partition coefficient (Wildman–Crippen LogP) is 5.41. The Balaban J connectivity index is 1.64. The molecule has 0 aliphatic heterocycles. The molecule has 0 bridgehead atoms. The normalized spacial score (nSPS) is 30.0. The third kappa shape index (κ3) is 6.77. The summed E-state index contributed by atoms with van der Waals surface area (Å²) < 4.78 is 5.56. The summed E-state index contributed by atoms with van der Waals surface area (Å²) in [6, 6.07) is 0. The Hall–Kier alpha value is -0.830. The zero-order chi connectivity index (χ0) is 18.1. The smallest absolute Gasteiger partial charge is 0.333 e. The van der Waals surface area contributed by atoms with Gasteiger partial charge in [-0.1, -0.05) is 52.0 Å². The largest absolute Gasteiger partial charge is 0.459 e. The summed E-state index contributed by atoms with van der Waals surface area (Å²) in [5, 5.41) is 8.88. The number of aliphatic hydroxyl groups is 1. The van der Waals surface area contributed by atoms with E-state index in [2.05, 4.69) is 13.5 Å². The molecule has 0 unspecified atom stereocenters. The van der Waals surface area contributed by atoms with E-state index in [-0.39, 0.29) is 18.7 Å². The van der Waals surface area contributed by atoms with Gasteiger partial charge in [-0.3, -0.25) is 0 Å². The van der Waals surface area contributed by atoms with Gasteiger partial charge in [-0.2, -0.15) is 0 Å². The van der Waals surface area contributed by atoms with Crippen LogP contribution in [0, 0.1) is 17.8 Å². The van der Waals surface area contributed by atoms with Crippen LogP contribution in [0.5, 0.6) is 0 Å². The summed E-state index contributed by atoms with van der Waals surface area (Å²) >= 11 is 0. The summed E-state index contributed by atoms with van der Waals surface area (Å²) in [6.45, 7) is 5.94. The van der Waals surface area contributed by atoms with Crippen molar-refractivity contribution in [2.45, 2.75) is 96.5 Å². The van der Waals surface area contributed by atoms with Gasteiger partial charge in [-0.05, 0) is 56.3 Å². The first-order valence-electron chi connectivity index (χ1n) is 10.6. The van der Waals surface area contributed by atoms with Crippen LogP contribution >= 0.6 is 0 Å². The molecule has 2 fully saturated rings. The number of ether oxygens (including phenoxy) is 1. The van der Waals surface area contributed by atoms with Crippen LogP contribution in [0.2, 0.25) is 0 Å². The van der Waals surface area contributed by atoms with E-state index in [9.17, 15) is 4.79 Å². The molecule has 0 atom stereocenters. The first-order valence-corrected chi connectivity index (χ1v) is 10.6. The van der Waals surface area contributed by atoms with Crippen LogP contribution in [0.3, 0.4) is 0 Å². The van der Waals surface area contributed by atoms with Gasteiger partial charge >= 0.3 is 5.97 Å². The van der Waals surface area contributed by atoms with E-state index in [0.717, 1.165) is 30.6 Å². The van der Waals surface area contributed by atoms with Gasteiger partial charge in [-0.15, -0.1) is 0 Å². The fraction of sp³-hybridized carbons (Fsp3) is 0.864. The quantitative estimate of drug-likeness (QED) is 0.343. The molecule has 0 heterocycles. The molecule has 0 saturated heterocycles. The molecular weight excluding hydrogens is 312 g/mol. The number of carbonyl (C=O) groups excluding carboxylic acids is 1. The third-order valence-corrected chi connectivity index (χ3v) is 6.47. The molecule has 1 N–H and O–H groups in total. The molecule has 2 rings (SSSR count). The van der Waals surface area contributed by atoms with Gasteiger partial charge in [0.25, 0.3) is 0 Å². The highest BCUT2D eigenvalue weighted by atomic mass is 16.5. The molecule has 3 heteroatoms. The van der Waals surface area contributed by atoms with E-state index in [1.807, 2.05) is 0 Å². The Labute approximate surface area is 154 Å². The lowest BCUT2D eigenvalue weighted by Crippen LogP contribution is -2.30. The van der Waals surface area contributed by atoms with Gasteiger partial charge in [0.15, 0.2) is 0 Å². The second-order valence-corrected chi connectivity index (χ2v) is 8.30. The summed E-state index contributed by atoms with van der Waals surface area (Å²) in [7, 11) is 0. The maximum absolute atomic E-state index is 11.9. The van der Waals surface area contributed by atoms with Crippen LogP contribution in [0.1, 0.15) is 90.4 Å². The number of hydrogen-bond donors (Lipinski definition) is 1. The fourth-order valence-electron chi connectivity index (χ4n) is 4.78. The molecule has 0 spiro atoms. The van der Waals surface area contributed by atoms with Crippen molar-refractivity contribution in [2.75, 3.05) is 6.61 Å². The third-order valence-electron chi connectivity index (χ3n) is 6.47. The second-order valence-electron chi connectivity index (χ2n) is 8.30. The monoisotopic (exact) mass is 350 g/mol. The second kappa shape index (κ2) is 11.0. The number of carbonyl (C=O) groups is 1. The van der Waals surface area contributed by atoms with Gasteiger partial charge in [0.05, 0.1) is 0 Å². The molecule has 0 aromatic heterocycles. The van der Waals surface area contributed by atoms with Crippen molar-refractivity contribution < 1.29 is 14.6 Å². The highest BCUT2D eigenvalue weighted by Crippen LogP contribution is 2.41. The summed E-state index contributed by atoms with van der Waals surface area (Å²) in [5.41, 5.74) is 0.394. The number of rotatable bonds is 9. The Morgan fingerprint density at radius 2 is 1.60 bits per heavy atom. The predicted molar refractivity (Wildman–Crippen MR) is 102 cm³/mol. The number of unbranched alkanes of at least 4 members (excludes halogenated alkanes) is 2. The SMILES string of the molecule is C=C(CCO)C(=O)OC1CCC(C2CCC(CCCCC)CC2)CC1. The standard InChI is InChI=1S/C22H38O3/c1-3-4-5-6-18-7-9-19(10-8-18)20-11-13-21(14-12-20)25-22(24)17(2)15-16-23/h18-21,23H,2-16H2,1H3. The highest BCUT2D eigenvalue weighted by molar-refractivity contribution is 5.87. The van der Waals surface area contributed by atoms with Crippen molar-refractivity contribution in [3.05, 3.63) is 12.2 Å². The molecule has 0 amide bonds. The minimum atomic E-state index is -0.315. The first kappa shape index (κ1) is 20.5. The highest BCUT2D eigenvalue weighted by Gasteiger charge is 2.32. The Morgan fingerprint density at radius 3 is 2.16 bits per heavy atom. The summed E-state index contributed by atoms with van der Waals surface area (Å²) in [6.07, 6.45) is 16.1. The van der Waals surface area contributed by atoms with Crippen molar-refractivity contribution >= 4 is 5.97 Å². The molecule has 2 aliphatic rings. The van der Waals surface area contributed by atoms with E-state index < -0.39 is 0 Å². The van der Waals surface area contributed by atoms with E-state index in [1.165, 1.54) is 64.2 Å². The van der Waals surface area contributed by atoms with Crippen molar-refractivity contribution in [2.24, 2.45) is 17.8 Å². The van der Waals surface area contributed by atoms with Crippen molar-refractivity contribution in [3.63, 3.8) is 0 Å². The van der Waals surface area contributed by atoms with E-state index >= 15 is 0 Å². The zero-order valence-electron chi connectivity index (χ0n) is 16.2. The van der Waals surface area contributed by atoms with Gasteiger partial charge < -0.3 is 9.84 Å². The first-order chi connectivity index (χ1) is 12.1. The Bertz CT molecular complexity index is 401. The van der Waals surface area contributed by atoms with E-state index in [0.29, 0.717) is 12.0 Å². The van der Waals surface area contributed by atoms with Crippen LogP contribution in [0.15, 0.2) is 12.2 Å². The topological polar surface area (TPSA) is 46.5 Å². The molecule has 0 aromatic rings. The van der Waals surface area contributed by atoms with Crippen LogP contribution in [-0.4, -0.2) is 23.8 Å². The Kier molecular flexibility index (Phi) is 9.02. The van der Waals surface area contributed by atoms with Crippen LogP contribution in [0.4, 0.5) is 0 Å². The Morgan fingerprint density at radius 1 is 1.00 bits per heavy atom. The zero-order valence-corrected chi connectivity index (χ0v) is 16.2. The molecule has 0 aromatic carbocycles. The minimum absolute atomic E-state index is 0.0399. The summed E-state index contributed by atoms with van der Waals surface area (Å²) in [5.74, 6) is 2.42. The van der Waals surface area contributed by atoms with Crippen molar-refractivity contribution in [1.82, 2.24) is 0 Å². The lowest BCUT2D eigenvalue weighted by atomic mass is 9.70. The number of esters is 1. The lowest BCUT2D eigenvalue weighted by Gasteiger charge is -2.37. The lowest BCUT2D eigenvalue weighted by molar-refractivity contribution is -0.146. The summed E-state index contributed by atoms with van der Waals surface area (Å²) in [4.78, 5) is 11.9. The molecule has 3 nitrogen and oxygen atoms in total. The van der Waals surface area contributed by atoms with Crippen LogP contribution in [-0.2, 0) is 9.53 Å². The van der Waals surface area contributed by atoms with Crippen molar-refractivity contribution in [3.8, 4) is 0 Å².